The smallest absolute Gasteiger partial charge is 0.275 e. The highest BCUT2D eigenvalue weighted by atomic mass is 32.1. The first kappa shape index (κ1) is 12.5. The Morgan fingerprint density at radius 2 is 2.33 bits per heavy atom. The predicted molar refractivity (Wildman–Crippen MR) is 65.0 cm³/mol. The standard InChI is InChI=1S/C10H11N3O4S/c14-4-1-2-11-7(15)6-8(16)12-10-13(9(6)17)3-5-18-10/h3,5,14,16H,1-2,4H2,(H,11,15). The Balaban J connectivity index is 2.37. The number of nitrogens with zero attached hydrogens (tertiary/aromatic N) is 2. The molecule has 0 aromatic carbocycles. The van der Waals surface area contributed by atoms with Gasteiger partial charge in [-0.05, 0) is 6.42 Å². The maximum atomic E-state index is 11.9. The molecule has 2 heterocycles. The normalized spacial score (nSPS) is 10.7. The average molecular weight is 269 g/mol. The van der Waals surface area contributed by atoms with Crippen molar-refractivity contribution in [1.29, 1.82) is 0 Å². The topological polar surface area (TPSA) is 104 Å². The minimum absolute atomic E-state index is 0.0624. The number of aliphatic hydroxyl groups is 1. The minimum Gasteiger partial charge on any atom is -0.492 e. The summed E-state index contributed by atoms with van der Waals surface area (Å²) in [6, 6.07) is 0. The summed E-state index contributed by atoms with van der Waals surface area (Å²) in [5, 5.41) is 22.3. The minimum atomic E-state index is -0.695. The van der Waals surface area contributed by atoms with Gasteiger partial charge < -0.3 is 15.5 Å². The van der Waals surface area contributed by atoms with Crippen molar-refractivity contribution in [3.8, 4) is 5.88 Å². The number of fused-ring (bicyclic) bond motifs is 1. The molecule has 18 heavy (non-hydrogen) atoms. The van der Waals surface area contributed by atoms with Gasteiger partial charge in [0.2, 0.25) is 5.88 Å². The summed E-state index contributed by atoms with van der Waals surface area (Å²) < 4.78 is 1.20. The number of nitrogens with one attached hydrogen (secondary N) is 1. The van der Waals surface area contributed by atoms with Gasteiger partial charge in [-0.15, -0.1) is 11.3 Å². The zero-order valence-electron chi connectivity index (χ0n) is 9.29. The second-order valence-corrected chi connectivity index (χ2v) is 4.38. The number of aliphatic hydroxyl groups excluding tert-OH is 1. The number of hydrogen-bond donors (Lipinski definition) is 3. The van der Waals surface area contributed by atoms with Crippen LogP contribution >= 0.6 is 11.3 Å². The molecular weight excluding hydrogens is 258 g/mol. The van der Waals surface area contributed by atoms with Gasteiger partial charge in [-0.1, -0.05) is 0 Å². The molecule has 0 fully saturated rings. The summed E-state index contributed by atoms with van der Waals surface area (Å²) in [5.41, 5.74) is -0.996. The number of carbonyl (C=O) groups excluding carboxylic acids is 1. The van der Waals surface area contributed by atoms with Crippen LogP contribution in [0.5, 0.6) is 5.88 Å². The van der Waals surface area contributed by atoms with E-state index in [4.69, 9.17) is 5.11 Å². The molecule has 8 heteroatoms. The molecule has 1 amide bonds. The van der Waals surface area contributed by atoms with E-state index in [0.29, 0.717) is 11.4 Å². The summed E-state index contributed by atoms with van der Waals surface area (Å²) in [5.74, 6) is -1.28. The van der Waals surface area contributed by atoms with Crippen molar-refractivity contribution in [1.82, 2.24) is 14.7 Å². The third-order valence-electron chi connectivity index (χ3n) is 2.29. The van der Waals surface area contributed by atoms with Gasteiger partial charge in [-0.25, -0.2) is 0 Å². The molecule has 2 aromatic rings. The number of hydrogen-bond acceptors (Lipinski definition) is 6. The van der Waals surface area contributed by atoms with E-state index in [-0.39, 0.29) is 18.7 Å². The van der Waals surface area contributed by atoms with Gasteiger partial charge in [0.1, 0.15) is 0 Å². The lowest BCUT2D eigenvalue weighted by Gasteiger charge is -2.05. The SMILES string of the molecule is O=C(NCCCO)c1c(O)nc2sccn2c1=O. The monoisotopic (exact) mass is 269 g/mol. The van der Waals surface area contributed by atoms with Crippen molar-refractivity contribution in [2.24, 2.45) is 0 Å². The summed E-state index contributed by atoms with van der Waals surface area (Å²) in [6.45, 7) is 0.160. The molecular formula is C10H11N3O4S. The largest absolute Gasteiger partial charge is 0.492 e. The van der Waals surface area contributed by atoms with Gasteiger partial charge in [-0.3, -0.25) is 14.0 Å². The van der Waals surface area contributed by atoms with Crippen LogP contribution < -0.4 is 10.9 Å². The summed E-state index contributed by atoms with van der Waals surface area (Å²) in [7, 11) is 0. The number of amides is 1. The second-order valence-electron chi connectivity index (χ2n) is 3.50. The Kier molecular flexibility index (Phi) is 3.58. The lowest BCUT2D eigenvalue weighted by atomic mass is 10.3. The molecule has 7 nitrogen and oxygen atoms in total. The Bertz CT molecular complexity index is 634. The first-order chi connectivity index (χ1) is 8.65. The Morgan fingerprint density at radius 1 is 1.56 bits per heavy atom. The van der Waals surface area contributed by atoms with E-state index in [1.807, 2.05) is 0 Å². The van der Waals surface area contributed by atoms with Crippen molar-refractivity contribution < 1.29 is 15.0 Å². The van der Waals surface area contributed by atoms with Crippen molar-refractivity contribution >= 4 is 22.2 Å². The number of rotatable bonds is 4. The van der Waals surface area contributed by atoms with E-state index >= 15 is 0 Å². The van der Waals surface area contributed by atoms with Crippen LogP contribution in [-0.2, 0) is 0 Å². The van der Waals surface area contributed by atoms with E-state index in [9.17, 15) is 14.7 Å². The first-order valence-electron chi connectivity index (χ1n) is 5.23. The molecule has 2 rings (SSSR count). The number of aromatic nitrogens is 2. The lowest BCUT2D eigenvalue weighted by Crippen LogP contribution is -2.32. The molecule has 0 atom stereocenters. The van der Waals surface area contributed by atoms with Crippen molar-refractivity contribution in [3.05, 3.63) is 27.5 Å². The molecule has 0 bridgehead atoms. The second kappa shape index (κ2) is 5.15. The predicted octanol–water partition coefficient (Wildman–Crippen LogP) is -0.426. The number of aromatic hydroxyl groups is 1. The van der Waals surface area contributed by atoms with Crippen LogP contribution in [0.1, 0.15) is 16.8 Å². The van der Waals surface area contributed by atoms with Crippen LogP contribution in [0.4, 0.5) is 0 Å². The van der Waals surface area contributed by atoms with Gasteiger partial charge in [0.15, 0.2) is 10.5 Å². The van der Waals surface area contributed by atoms with Crippen LogP contribution in [0, 0.1) is 0 Å². The van der Waals surface area contributed by atoms with Crippen molar-refractivity contribution in [3.63, 3.8) is 0 Å². The molecule has 0 saturated heterocycles. The van der Waals surface area contributed by atoms with E-state index in [2.05, 4.69) is 10.3 Å². The Labute approximate surface area is 105 Å². The van der Waals surface area contributed by atoms with E-state index in [1.54, 1.807) is 5.38 Å². The summed E-state index contributed by atoms with van der Waals surface area (Å²) in [6.07, 6.45) is 1.86. The molecule has 0 radical (unpaired) electrons. The lowest BCUT2D eigenvalue weighted by molar-refractivity contribution is 0.0946. The zero-order valence-corrected chi connectivity index (χ0v) is 10.1. The highest BCUT2D eigenvalue weighted by Gasteiger charge is 2.19. The maximum absolute atomic E-state index is 11.9. The number of thiazole rings is 1. The molecule has 0 saturated carbocycles. The van der Waals surface area contributed by atoms with Crippen molar-refractivity contribution in [2.45, 2.75) is 6.42 Å². The van der Waals surface area contributed by atoms with E-state index < -0.39 is 17.3 Å². The fraction of sp³-hybridized carbons (Fsp3) is 0.300. The Hall–Kier alpha value is -1.93. The van der Waals surface area contributed by atoms with Gasteiger partial charge in [0.05, 0.1) is 0 Å². The number of carbonyl (C=O) groups is 1. The molecule has 3 N–H and O–H groups in total. The fourth-order valence-electron chi connectivity index (χ4n) is 1.44. The van der Waals surface area contributed by atoms with Crippen molar-refractivity contribution in [2.75, 3.05) is 13.2 Å². The molecule has 0 unspecified atom stereocenters. The molecule has 0 aliphatic carbocycles. The van der Waals surface area contributed by atoms with Crippen LogP contribution in [-0.4, -0.2) is 38.7 Å². The first-order valence-corrected chi connectivity index (χ1v) is 6.11. The fourth-order valence-corrected chi connectivity index (χ4v) is 2.14. The zero-order chi connectivity index (χ0) is 13.1. The Morgan fingerprint density at radius 3 is 3.06 bits per heavy atom. The van der Waals surface area contributed by atoms with Gasteiger partial charge in [0, 0.05) is 24.7 Å². The molecule has 0 aliphatic heterocycles. The molecule has 0 spiro atoms. The van der Waals surface area contributed by atoms with Crippen LogP contribution in [0.2, 0.25) is 0 Å². The molecule has 0 aliphatic rings. The molecule has 96 valence electrons. The average Bonchev–Trinajstić information content (AvgIpc) is 2.77. The van der Waals surface area contributed by atoms with E-state index in [1.165, 1.54) is 21.9 Å². The van der Waals surface area contributed by atoms with Crippen LogP contribution in [0.3, 0.4) is 0 Å². The van der Waals surface area contributed by atoms with Crippen LogP contribution in [0.15, 0.2) is 16.4 Å². The summed E-state index contributed by atoms with van der Waals surface area (Å²) >= 11 is 1.18. The van der Waals surface area contributed by atoms with Gasteiger partial charge >= 0.3 is 0 Å². The van der Waals surface area contributed by atoms with Crippen LogP contribution in [0.25, 0.3) is 4.96 Å². The quantitative estimate of drug-likeness (QED) is 0.654. The highest BCUT2D eigenvalue weighted by molar-refractivity contribution is 7.15. The van der Waals surface area contributed by atoms with Gasteiger partial charge in [-0.2, -0.15) is 4.98 Å². The van der Waals surface area contributed by atoms with E-state index in [0.717, 1.165) is 0 Å². The third kappa shape index (κ3) is 2.20. The van der Waals surface area contributed by atoms with Gasteiger partial charge in [0.25, 0.3) is 11.5 Å². The maximum Gasteiger partial charge on any atom is 0.275 e. The highest BCUT2D eigenvalue weighted by Crippen LogP contribution is 2.14. The third-order valence-corrected chi connectivity index (χ3v) is 3.05. The summed E-state index contributed by atoms with van der Waals surface area (Å²) in [4.78, 5) is 27.8. The molecule has 2 aromatic heterocycles.